The number of hydrogen-bond donors (Lipinski definition) is 1. The Balaban J connectivity index is 1.51. The highest BCUT2D eigenvalue weighted by atomic mass is 32.2. The Morgan fingerprint density at radius 2 is 2.03 bits per heavy atom. The van der Waals surface area contributed by atoms with Gasteiger partial charge in [0.05, 0.1) is 23.1 Å². The predicted molar refractivity (Wildman–Crippen MR) is 128 cm³/mol. The summed E-state index contributed by atoms with van der Waals surface area (Å²) >= 11 is 1.60. The van der Waals surface area contributed by atoms with Crippen LogP contribution in [-0.4, -0.2) is 56.0 Å². The number of nitrogens with one attached hydrogen (secondary N) is 1. The summed E-state index contributed by atoms with van der Waals surface area (Å²) in [6.07, 6.45) is 5.34. The topological polar surface area (TPSA) is 119 Å². The summed E-state index contributed by atoms with van der Waals surface area (Å²) < 4.78 is 1.78. The number of hydrogen-bond acceptors (Lipinski definition) is 8. The van der Waals surface area contributed by atoms with E-state index in [0.717, 1.165) is 53.7 Å². The molecular formula is C22H27N7O3S. The van der Waals surface area contributed by atoms with E-state index in [9.17, 15) is 14.9 Å². The molecule has 1 aliphatic rings. The highest BCUT2D eigenvalue weighted by Crippen LogP contribution is 2.29. The van der Waals surface area contributed by atoms with E-state index < -0.39 is 4.92 Å². The van der Waals surface area contributed by atoms with E-state index in [1.165, 1.54) is 12.5 Å². The van der Waals surface area contributed by atoms with Crippen LogP contribution in [0.3, 0.4) is 0 Å². The van der Waals surface area contributed by atoms with Gasteiger partial charge in [0.15, 0.2) is 10.8 Å². The molecule has 0 aliphatic carbocycles. The second kappa shape index (κ2) is 10.2. The van der Waals surface area contributed by atoms with Crippen LogP contribution in [0.4, 0.5) is 11.5 Å². The Labute approximate surface area is 195 Å². The van der Waals surface area contributed by atoms with E-state index in [1.54, 1.807) is 41.7 Å². The summed E-state index contributed by atoms with van der Waals surface area (Å²) in [6, 6.07) is 4.48. The highest BCUT2D eigenvalue weighted by molar-refractivity contribution is 7.99. The molecule has 33 heavy (non-hydrogen) atoms. The number of carbonyl (C=O) groups excluding carboxylic acids is 1. The molecule has 1 saturated heterocycles. The summed E-state index contributed by atoms with van der Waals surface area (Å²) in [5, 5.41) is 20.1. The average molecular weight is 470 g/mol. The number of nitro benzene ring substituents is 1. The standard InChI is InChI=1S/C22H27N7O3S/c1-3-33-22-25-19(27-10-5-4-6-11-27)17-14-24-28(20(17)26-22)12-9-23-21(30)16-8-7-15(2)18(13-16)29(31)32/h7-8,13-14H,3-6,9-12H2,1-2H3,(H,23,30). The zero-order valence-electron chi connectivity index (χ0n) is 18.8. The lowest BCUT2D eigenvalue weighted by molar-refractivity contribution is -0.385. The van der Waals surface area contributed by atoms with Gasteiger partial charge in [-0.1, -0.05) is 24.8 Å². The third kappa shape index (κ3) is 5.08. The fourth-order valence-electron chi connectivity index (χ4n) is 3.95. The Bertz CT molecular complexity index is 1170. The van der Waals surface area contributed by atoms with E-state index in [1.807, 2.05) is 0 Å². The monoisotopic (exact) mass is 469 g/mol. The first-order valence-electron chi connectivity index (χ1n) is 11.1. The first-order valence-corrected chi connectivity index (χ1v) is 12.1. The number of thioether (sulfide) groups is 1. The third-order valence-corrected chi connectivity index (χ3v) is 6.39. The van der Waals surface area contributed by atoms with Gasteiger partial charge in [0.2, 0.25) is 0 Å². The average Bonchev–Trinajstić information content (AvgIpc) is 3.22. The molecule has 0 spiro atoms. The molecule has 10 nitrogen and oxygen atoms in total. The van der Waals surface area contributed by atoms with E-state index in [-0.39, 0.29) is 17.2 Å². The van der Waals surface area contributed by atoms with Crippen LogP contribution in [0.2, 0.25) is 0 Å². The minimum atomic E-state index is -0.479. The van der Waals surface area contributed by atoms with Gasteiger partial charge in [-0.05, 0) is 38.0 Å². The van der Waals surface area contributed by atoms with Crippen LogP contribution >= 0.6 is 11.8 Å². The molecule has 174 valence electrons. The van der Waals surface area contributed by atoms with Crippen molar-refractivity contribution in [2.75, 3.05) is 30.3 Å². The van der Waals surface area contributed by atoms with Crippen molar-refractivity contribution in [1.29, 1.82) is 0 Å². The van der Waals surface area contributed by atoms with Crippen LogP contribution in [0, 0.1) is 17.0 Å². The van der Waals surface area contributed by atoms with Gasteiger partial charge < -0.3 is 10.2 Å². The van der Waals surface area contributed by atoms with Crippen molar-refractivity contribution in [2.45, 2.75) is 44.8 Å². The molecule has 4 rings (SSSR count). The molecule has 0 radical (unpaired) electrons. The van der Waals surface area contributed by atoms with Crippen molar-refractivity contribution in [3.8, 4) is 0 Å². The zero-order chi connectivity index (χ0) is 23.4. The molecule has 3 heterocycles. The van der Waals surface area contributed by atoms with Gasteiger partial charge in [-0.25, -0.2) is 14.6 Å². The SMILES string of the molecule is CCSc1nc(N2CCCCC2)c2cnn(CCNC(=O)c3ccc(C)c([N+](=O)[O-])c3)c2n1. The minimum absolute atomic E-state index is 0.0661. The molecule has 1 amide bonds. The quantitative estimate of drug-likeness (QED) is 0.230. The van der Waals surface area contributed by atoms with E-state index >= 15 is 0 Å². The number of nitro groups is 1. The van der Waals surface area contributed by atoms with Crippen molar-refractivity contribution in [1.82, 2.24) is 25.1 Å². The summed E-state index contributed by atoms with van der Waals surface area (Å²) in [7, 11) is 0. The van der Waals surface area contributed by atoms with Crippen molar-refractivity contribution in [3.63, 3.8) is 0 Å². The maximum absolute atomic E-state index is 12.5. The number of amides is 1. The second-order valence-corrected chi connectivity index (χ2v) is 9.16. The molecular weight excluding hydrogens is 442 g/mol. The molecule has 1 aromatic carbocycles. The van der Waals surface area contributed by atoms with Crippen LogP contribution in [-0.2, 0) is 6.54 Å². The number of anilines is 1. The normalized spacial score (nSPS) is 13.9. The van der Waals surface area contributed by atoms with Gasteiger partial charge in [0, 0.05) is 36.8 Å². The molecule has 0 saturated carbocycles. The maximum Gasteiger partial charge on any atom is 0.273 e. The van der Waals surface area contributed by atoms with Crippen molar-refractivity contribution < 1.29 is 9.72 Å². The third-order valence-electron chi connectivity index (χ3n) is 5.66. The summed E-state index contributed by atoms with van der Waals surface area (Å²) in [5.74, 6) is 1.44. The molecule has 11 heteroatoms. The molecule has 0 atom stereocenters. The van der Waals surface area contributed by atoms with Crippen LogP contribution < -0.4 is 10.2 Å². The molecule has 3 aromatic rings. The van der Waals surface area contributed by atoms with Gasteiger partial charge >= 0.3 is 0 Å². The Morgan fingerprint density at radius 3 is 2.76 bits per heavy atom. The van der Waals surface area contributed by atoms with Crippen LogP contribution in [0.1, 0.15) is 42.1 Å². The molecule has 0 unspecified atom stereocenters. The number of rotatable bonds is 8. The summed E-state index contributed by atoms with van der Waals surface area (Å²) in [6.45, 7) is 6.42. The number of aromatic nitrogens is 4. The highest BCUT2D eigenvalue weighted by Gasteiger charge is 2.20. The van der Waals surface area contributed by atoms with Gasteiger partial charge in [-0.2, -0.15) is 5.10 Å². The van der Waals surface area contributed by atoms with Gasteiger partial charge in [-0.3, -0.25) is 14.9 Å². The van der Waals surface area contributed by atoms with Crippen molar-refractivity contribution >= 4 is 40.2 Å². The smallest absolute Gasteiger partial charge is 0.273 e. The lowest BCUT2D eigenvalue weighted by Gasteiger charge is -2.28. The van der Waals surface area contributed by atoms with Gasteiger partial charge in [0.25, 0.3) is 11.6 Å². The Hall–Kier alpha value is -3.21. The first-order chi connectivity index (χ1) is 16.0. The van der Waals surface area contributed by atoms with E-state index in [4.69, 9.17) is 9.97 Å². The molecule has 1 aliphatic heterocycles. The van der Waals surface area contributed by atoms with Crippen LogP contribution in [0.15, 0.2) is 29.6 Å². The number of piperidine rings is 1. The molecule has 1 fully saturated rings. The van der Waals surface area contributed by atoms with E-state index in [2.05, 4.69) is 22.2 Å². The molecule has 2 aromatic heterocycles. The van der Waals surface area contributed by atoms with Gasteiger partial charge in [0.1, 0.15) is 5.82 Å². The van der Waals surface area contributed by atoms with Gasteiger partial charge in [-0.15, -0.1) is 0 Å². The van der Waals surface area contributed by atoms with Crippen LogP contribution in [0.5, 0.6) is 0 Å². The maximum atomic E-state index is 12.5. The van der Waals surface area contributed by atoms with Crippen molar-refractivity contribution in [3.05, 3.63) is 45.6 Å². The molecule has 1 N–H and O–H groups in total. The Morgan fingerprint density at radius 1 is 1.24 bits per heavy atom. The number of carbonyl (C=O) groups is 1. The minimum Gasteiger partial charge on any atom is -0.356 e. The van der Waals surface area contributed by atoms with Crippen LogP contribution in [0.25, 0.3) is 11.0 Å². The van der Waals surface area contributed by atoms with E-state index in [0.29, 0.717) is 18.7 Å². The number of fused-ring (bicyclic) bond motifs is 1. The fourth-order valence-corrected chi connectivity index (χ4v) is 4.51. The number of benzene rings is 1. The zero-order valence-corrected chi connectivity index (χ0v) is 19.6. The fraction of sp³-hybridized carbons (Fsp3) is 0.455. The summed E-state index contributed by atoms with van der Waals surface area (Å²) in [4.78, 5) is 35.0. The summed E-state index contributed by atoms with van der Waals surface area (Å²) in [5.41, 5.74) is 1.46. The second-order valence-electron chi connectivity index (χ2n) is 7.93. The van der Waals surface area contributed by atoms with Crippen molar-refractivity contribution in [2.24, 2.45) is 0 Å². The largest absolute Gasteiger partial charge is 0.356 e. The number of aryl methyl sites for hydroxylation is 1. The predicted octanol–water partition coefficient (Wildman–Crippen LogP) is 3.58. The first kappa shape index (κ1) is 23.0. The number of nitrogens with zero attached hydrogens (tertiary/aromatic N) is 6. The lowest BCUT2D eigenvalue weighted by Crippen LogP contribution is -2.30. The lowest BCUT2D eigenvalue weighted by atomic mass is 10.1. The Kier molecular flexibility index (Phi) is 7.07. The molecule has 0 bridgehead atoms.